The molecule has 1 aromatic rings. The van der Waals surface area contributed by atoms with Crippen molar-refractivity contribution in [2.24, 2.45) is 0 Å². The fourth-order valence-corrected chi connectivity index (χ4v) is 2.87. The summed E-state index contributed by atoms with van der Waals surface area (Å²) in [6.45, 7) is 6.73. The minimum Gasteiger partial charge on any atom is -0.477 e. The van der Waals surface area contributed by atoms with Crippen LogP contribution in [0.4, 0.5) is 18.0 Å². The second kappa shape index (κ2) is 7.01. The molecule has 0 unspecified atom stereocenters. The smallest absolute Gasteiger partial charge is 0.433 e. The van der Waals surface area contributed by atoms with Crippen molar-refractivity contribution in [3.63, 3.8) is 0 Å². The normalized spacial score (nSPS) is 16.4. The Labute approximate surface area is 155 Å². The van der Waals surface area contributed by atoms with Gasteiger partial charge in [0.25, 0.3) is 0 Å². The van der Waals surface area contributed by atoms with Gasteiger partial charge < -0.3 is 9.84 Å². The van der Waals surface area contributed by atoms with Gasteiger partial charge in [-0.05, 0) is 64.7 Å². The van der Waals surface area contributed by atoms with Crippen LogP contribution >= 0.6 is 0 Å². The Morgan fingerprint density at radius 3 is 2.26 bits per heavy atom. The number of amides is 1. The number of carbonyl (C=O) groups excluding carboxylic acids is 1. The van der Waals surface area contributed by atoms with Gasteiger partial charge in [0.2, 0.25) is 0 Å². The number of hydrogen-bond donors (Lipinski definition) is 1. The van der Waals surface area contributed by atoms with Crippen LogP contribution < -0.4 is 0 Å². The van der Waals surface area contributed by atoms with Gasteiger partial charge in [-0.2, -0.15) is 13.2 Å². The Hall–Kier alpha value is -2.32. The molecule has 1 heterocycles. The van der Waals surface area contributed by atoms with Crippen LogP contribution in [0, 0.1) is 0 Å². The molecule has 6 nitrogen and oxygen atoms in total. The number of carboxylic acid groups (broad SMARTS) is 1. The zero-order valence-corrected chi connectivity index (χ0v) is 15.7. The number of ether oxygens (including phenoxy) is 1. The average Bonchev–Trinajstić information content (AvgIpc) is 2.47. The maximum absolute atomic E-state index is 13.1. The van der Waals surface area contributed by atoms with Gasteiger partial charge >= 0.3 is 18.2 Å². The number of aromatic nitrogens is 1. The molecule has 150 valence electrons. The average molecular weight is 388 g/mol. The molecule has 1 N–H and O–H groups in total. The van der Waals surface area contributed by atoms with Gasteiger partial charge in [0.1, 0.15) is 17.0 Å². The van der Waals surface area contributed by atoms with E-state index in [9.17, 15) is 22.8 Å². The topological polar surface area (TPSA) is 79.7 Å². The predicted octanol–water partition coefficient (Wildman–Crippen LogP) is 4.48. The molecule has 2 rings (SSSR count). The molecular formula is C18H23F3N2O4. The number of rotatable bonds is 4. The zero-order valence-electron chi connectivity index (χ0n) is 15.7. The maximum atomic E-state index is 13.1. The molecule has 0 spiro atoms. The minimum atomic E-state index is -4.79. The van der Waals surface area contributed by atoms with Crippen LogP contribution in [-0.4, -0.2) is 38.2 Å². The highest BCUT2D eigenvalue weighted by Gasteiger charge is 2.43. The molecular weight excluding hydrogens is 365 g/mol. The van der Waals surface area contributed by atoms with Crippen molar-refractivity contribution in [1.82, 2.24) is 9.88 Å². The fraction of sp³-hybridized carbons (Fsp3) is 0.611. The highest BCUT2D eigenvalue weighted by molar-refractivity contribution is 5.85. The standard InChI is InChI=1S/C18H23F3N2O4/c1-16(2,3)27-15(26)23(17(4)6-5-7-17)10-11-8-12(14(24)25)22-13(9-11)18(19,20)21/h8-9H,5-7,10H2,1-4H3,(H,24,25). The van der Waals surface area contributed by atoms with Crippen LogP contribution in [0.5, 0.6) is 0 Å². The van der Waals surface area contributed by atoms with E-state index in [0.717, 1.165) is 18.6 Å². The lowest BCUT2D eigenvalue weighted by Crippen LogP contribution is -2.54. The molecule has 1 fully saturated rings. The molecule has 1 amide bonds. The first kappa shape index (κ1) is 21.0. The van der Waals surface area contributed by atoms with E-state index >= 15 is 0 Å². The fourth-order valence-electron chi connectivity index (χ4n) is 2.87. The Morgan fingerprint density at radius 1 is 1.26 bits per heavy atom. The summed E-state index contributed by atoms with van der Waals surface area (Å²) in [7, 11) is 0. The summed E-state index contributed by atoms with van der Waals surface area (Å²) in [5, 5.41) is 9.08. The quantitative estimate of drug-likeness (QED) is 0.823. The zero-order chi connectivity index (χ0) is 20.6. The molecule has 0 bridgehead atoms. The highest BCUT2D eigenvalue weighted by atomic mass is 19.4. The largest absolute Gasteiger partial charge is 0.477 e. The third kappa shape index (κ3) is 5.11. The van der Waals surface area contributed by atoms with E-state index in [4.69, 9.17) is 9.84 Å². The van der Waals surface area contributed by atoms with Crippen molar-refractivity contribution in [3.8, 4) is 0 Å². The lowest BCUT2D eigenvalue weighted by atomic mass is 9.77. The summed E-state index contributed by atoms with van der Waals surface area (Å²) in [4.78, 5) is 28.4. The second-order valence-electron chi connectivity index (χ2n) is 7.97. The molecule has 1 aliphatic carbocycles. The predicted molar refractivity (Wildman–Crippen MR) is 90.2 cm³/mol. The summed E-state index contributed by atoms with van der Waals surface area (Å²) in [5.41, 5.74) is -3.30. The molecule has 0 atom stereocenters. The van der Waals surface area contributed by atoms with E-state index in [1.54, 1.807) is 20.8 Å². The first-order chi connectivity index (χ1) is 12.2. The molecule has 1 saturated carbocycles. The van der Waals surface area contributed by atoms with Crippen molar-refractivity contribution in [2.45, 2.75) is 70.8 Å². The third-order valence-corrected chi connectivity index (χ3v) is 4.43. The second-order valence-corrected chi connectivity index (χ2v) is 7.97. The van der Waals surface area contributed by atoms with Gasteiger partial charge in [0.15, 0.2) is 0 Å². The van der Waals surface area contributed by atoms with Crippen molar-refractivity contribution in [2.75, 3.05) is 0 Å². The molecule has 9 heteroatoms. The van der Waals surface area contributed by atoms with Gasteiger partial charge in [-0.25, -0.2) is 14.6 Å². The number of hydrogen-bond acceptors (Lipinski definition) is 4. The number of nitrogens with zero attached hydrogens (tertiary/aromatic N) is 2. The molecule has 27 heavy (non-hydrogen) atoms. The van der Waals surface area contributed by atoms with E-state index in [0.29, 0.717) is 12.8 Å². The van der Waals surface area contributed by atoms with Crippen LogP contribution in [0.15, 0.2) is 12.1 Å². The molecule has 0 radical (unpaired) electrons. The van der Waals surface area contributed by atoms with Crippen LogP contribution in [0.2, 0.25) is 0 Å². The molecule has 1 aliphatic rings. The summed E-state index contributed by atoms with van der Waals surface area (Å²) >= 11 is 0. The van der Waals surface area contributed by atoms with Gasteiger partial charge in [-0.1, -0.05) is 0 Å². The lowest BCUT2D eigenvalue weighted by molar-refractivity contribution is -0.141. The first-order valence-electron chi connectivity index (χ1n) is 8.53. The Balaban J connectivity index is 2.40. The van der Waals surface area contributed by atoms with E-state index in [1.165, 1.54) is 4.90 Å². The van der Waals surface area contributed by atoms with Crippen LogP contribution in [0.25, 0.3) is 0 Å². The SMILES string of the molecule is CC(C)(C)OC(=O)N(Cc1cc(C(=O)O)nc(C(F)(F)F)c1)C1(C)CCC1. The number of halogens is 3. The summed E-state index contributed by atoms with van der Waals surface area (Å²) in [6.07, 6.45) is -3.17. The summed E-state index contributed by atoms with van der Waals surface area (Å²) in [6, 6.07) is 1.82. The van der Waals surface area contributed by atoms with Crippen molar-refractivity contribution in [3.05, 3.63) is 29.1 Å². The molecule has 1 aromatic heterocycles. The van der Waals surface area contributed by atoms with E-state index < -0.39 is 40.8 Å². The van der Waals surface area contributed by atoms with Crippen LogP contribution in [-0.2, 0) is 17.5 Å². The van der Waals surface area contributed by atoms with Gasteiger partial charge in [0, 0.05) is 12.1 Å². The first-order valence-corrected chi connectivity index (χ1v) is 8.53. The van der Waals surface area contributed by atoms with Gasteiger partial charge in [-0.15, -0.1) is 0 Å². The highest BCUT2D eigenvalue weighted by Crippen LogP contribution is 2.39. The number of carboxylic acids is 1. The van der Waals surface area contributed by atoms with Gasteiger partial charge in [0.05, 0.1) is 0 Å². The number of aromatic carboxylic acids is 1. The Morgan fingerprint density at radius 2 is 1.85 bits per heavy atom. The monoisotopic (exact) mass is 388 g/mol. The van der Waals surface area contributed by atoms with E-state index in [1.807, 2.05) is 6.92 Å². The van der Waals surface area contributed by atoms with E-state index in [2.05, 4.69) is 4.98 Å². The van der Waals surface area contributed by atoms with Crippen molar-refractivity contribution >= 4 is 12.1 Å². The lowest BCUT2D eigenvalue weighted by Gasteiger charge is -2.47. The molecule has 0 aliphatic heterocycles. The summed E-state index contributed by atoms with van der Waals surface area (Å²) in [5.74, 6) is -1.57. The molecule has 0 saturated heterocycles. The number of pyridine rings is 1. The van der Waals surface area contributed by atoms with Crippen molar-refractivity contribution in [1.29, 1.82) is 0 Å². The van der Waals surface area contributed by atoms with Crippen molar-refractivity contribution < 1.29 is 32.6 Å². The number of carbonyl (C=O) groups is 2. The molecule has 0 aromatic carbocycles. The summed E-state index contributed by atoms with van der Waals surface area (Å²) < 4.78 is 44.6. The van der Waals surface area contributed by atoms with Crippen LogP contribution in [0.1, 0.15) is 68.7 Å². The van der Waals surface area contributed by atoms with E-state index in [-0.39, 0.29) is 12.1 Å². The van der Waals surface area contributed by atoms with Crippen LogP contribution in [0.3, 0.4) is 0 Å². The van der Waals surface area contributed by atoms with Gasteiger partial charge in [-0.3, -0.25) is 4.90 Å². The maximum Gasteiger partial charge on any atom is 0.433 e. The number of alkyl halides is 3. The Bertz CT molecular complexity index is 737. The third-order valence-electron chi connectivity index (χ3n) is 4.43. The Kier molecular flexibility index (Phi) is 5.45. The minimum absolute atomic E-state index is 0.0358.